The number of aromatic nitrogens is 3. The number of Topliss-reactive ketones (excluding diaryl/α,β-unsaturated/α-hetero) is 1. The summed E-state index contributed by atoms with van der Waals surface area (Å²) >= 11 is 0. The van der Waals surface area contributed by atoms with Crippen molar-refractivity contribution >= 4 is 11.4 Å². The molecule has 3 heterocycles. The molecule has 0 aromatic carbocycles. The Morgan fingerprint density at radius 1 is 1.33 bits per heavy atom. The lowest BCUT2D eigenvalue weighted by molar-refractivity contribution is -0.118. The van der Waals surface area contributed by atoms with Gasteiger partial charge in [-0.15, -0.1) is 0 Å². The van der Waals surface area contributed by atoms with Gasteiger partial charge in [0.2, 0.25) is 0 Å². The Morgan fingerprint density at radius 2 is 2.17 bits per heavy atom. The molecule has 0 saturated heterocycles. The van der Waals surface area contributed by atoms with Crippen LogP contribution in [0.1, 0.15) is 49.9 Å². The molecule has 8 nitrogen and oxygen atoms in total. The van der Waals surface area contributed by atoms with Crippen LogP contribution in [0.15, 0.2) is 46.0 Å². The van der Waals surface area contributed by atoms with Gasteiger partial charge in [0.05, 0.1) is 24.5 Å². The number of carbonyl (C=O) groups is 1. The van der Waals surface area contributed by atoms with Gasteiger partial charge in [0.1, 0.15) is 0 Å². The van der Waals surface area contributed by atoms with Crippen LogP contribution in [-0.2, 0) is 9.53 Å². The van der Waals surface area contributed by atoms with E-state index in [1.165, 1.54) is 0 Å². The van der Waals surface area contributed by atoms with Crippen LogP contribution in [-0.4, -0.2) is 40.7 Å². The number of rotatable bonds is 6. The summed E-state index contributed by atoms with van der Waals surface area (Å²) in [5.74, 6) is 0.679. The van der Waals surface area contributed by atoms with Gasteiger partial charge in [-0.2, -0.15) is 4.98 Å². The van der Waals surface area contributed by atoms with Crippen LogP contribution in [0, 0.1) is 12.3 Å². The number of allylic oxidation sites excluding steroid dienone is 3. The van der Waals surface area contributed by atoms with Crippen molar-refractivity contribution in [2.75, 3.05) is 19.8 Å². The summed E-state index contributed by atoms with van der Waals surface area (Å²) in [5, 5.41) is 7.45. The number of nitrogens with zero attached hydrogens (tertiary/aromatic N) is 3. The highest BCUT2D eigenvalue weighted by molar-refractivity contribution is 6.03. The minimum atomic E-state index is -0.352. The van der Waals surface area contributed by atoms with Crippen LogP contribution in [0.3, 0.4) is 0 Å². The van der Waals surface area contributed by atoms with E-state index in [1.54, 1.807) is 19.3 Å². The summed E-state index contributed by atoms with van der Waals surface area (Å²) in [6, 6.07) is 3.85. The summed E-state index contributed by atoms with van der Waals surface area (Å²) < 4.78 is 11.3. The van der Waals surface area contributed by atoms with Gasteiger partial charge >= 0.3 is 0 Å². The van der Waals surface area contributed by atoms with Crippen molar-refractivity contribution in [3.05, 3.63) is 58.8 Å². The van der Waals surface area contributed by atoms with Crippen molar-refractivity contribution in [3.63, 3.8) is 0 Å². The molecule has 4 rings (SSSR count). The van der Waals surface area contributed by atoms with Crippen LogP contribution in [0.5, 0.6) is 0 Å². The molecule has 2 aromatic rings. The highest BCUT2D eigenvalue weighted by Crippen LogP contribution is 2.48. The molecule has 30 heavy (non-hydrogen) atoms. The zero-order valence-corrected chi connectivity index (χ0v) is 17.6. The number of carbonyl (C=O) groups excluding carboxylic acids is 1. The van der Waals surface area contributed by atoms with E-state index in [1.807, 2.05) is 12.1 Å². The lowest BCUT2D eigenvalue weighted by Gasteiger charge is -2.39. The largest absolute Gasteiger partial charge is 0.374 e. The van der Waals surface area contributed by atoms with Gasteiger partial charge in [-0.25, -0.2) is 0 Å². The fraction of sp³-hybridized carbons (Fsp3) is 0.455. The molecule has 2 aromatic heterocycles. The van der Waals surface area contributed by atoms with Gasteiger partial charge in [0.25, 0.3) is 5.89 Å². The SMILES string of the molecule is Cc1noc(C2=C(COCCN)NC3=C(C(=O)CC(C)(C)C3)C2c2cccnc2)n1. The summed E-state index contributed by atoms with van der Waals surface area (Å²) in [7, 11) is 0. The van der Waals surface area contributed by atoms with Crippen molar-refractivity contribution in [2.24, 2.45) is 11.1 Å². The lowest BCUT2D eigenvalue weighted by atomic mass is 9.68. The zero-order valence-electron chi connectivity index (χ0n) is 17.6. The first-order chi connectivity index (χ1) is 14.4. The molecule has 2 aliphatic rings. The fourth-order valence-electron chi connectivity index (χ4n) is 4.26. The molecule has 0 amide bonds. The van der Waals surface area contributed by atoms with E-state index in [2.05, 4.69) is 34.3 Å². The van der Waals surface area contributed by atoms with Crippen LogP contribution in [0.2, 0.25) is 0 Å². The minimum absolute atomic E-state index is 0.121. The molecule has 1 aliphatic heterocycles. The van der Waals surface area contributed by atoms with Gasteiger partial charge < -0.3 is 20.3 Å². The third-order valence-electron chi connectivity index (χ3n) is 5.41. The Kier molecular flexibility index (Phi) is 5.53. The predicted octanol–water partition coefficient (Wildman–Crippen LogP) is 2.49. The molecular formula is C22H27N5O3. The van der Waals surface area contributed by atoms with Crippen LogP contribution in [0.4, 0.5) is 0 Å². The van der Waals surface area contributed by atoms with Crippen LogP contribution < -0.4 is 11.1 Å². The number of pyridine rings is 1. The fourth-order valence-corrected chi connectivity index (χ4v) is 4.26. The number of aryl methyl sites for hydroxylation is 1. The predicted molar refractivity (Wildman–Crippen MR) is 111 cm³/mol. The quantitative estimate of drug-likeness (QED) is 0.699. The Morgan fingerprint density at radius 3 is 2.83 bits per heavy atom. The Labute approximate surface area is 175 Å². The minimum Gasteiger partial charge on any atom is -0.374 e. The van der Waals surface area contributed by atoms with Gasteiger partial charge in [-0.1, -0.05) is 25.1 Å². The van der Waals surface area contributed by atoms with Gasteiger partial charge in [-0.3, -0.25) is 9.78 Å². The van der Waals surface area contributed by atoms with E-state index in [-0.39, 0.29) is 17.1 Å². The summed E-state index contributed by atoms with van der Waals surface area (Å²) in [4.78, 5) is 22.1. The Balaban J connectivity index is 1.89. The second-order valence-electron chi connectivity index (χ2n) is 8.56. The van der Waals surface area contributed by atoms with Crippen LogP contribution >= 0.6 is 0 Å². The molecule has 1 atom stereocenters. The molecule has 0 radical (unpaired) electrons. The second kappa shape index (κ2) is 8.12. The van der Waals surface area contributed by atoms with Crippen molar-refractivity contribution in [1.29, 1.82) is 0 Å². The molecule has 158 valence electrons. The lowest BCUT2D eigenvalue weighted by Crippen LogP contribution is -2.38. The summed E-state index contributed by atoms with van der Waals surface area (Å²) in [6.45, 7) is 7.15. The first-order valence-corrected chi connectivity index (χ1v) is 10.1. The molecule has 3 N–H and O–H groups in total. The van der Waals surface area contributed by atoms with Gasteiger partial charge in [-0.05, 0) is 30.4 Å². The van der Waals surface area contributed by atoms with Crippen molar-refractivity contribution in [2.45, 2.75) is 39.5 Å². The average molecular weight is 409 g/mol. The number of hydrogen-bond acceptors (Lipinski definition) is 8. The number of nitrogens with one attached hydrogen (secondary N) is 1. The second-order valence-corrected chi connectivity index (χ2v) is 8.56. The number of hydrogen-bond donors (Lipinski definition) is 2. The molecule has 0 fully saturated rings. The molecule has 1 unspecified atom stereocenters. The third kappa shape index (κ3) is 3.93. The third-order valence-corrected chi connectivity index (χ3v) is 5.41. The first-order valence-electron chi connectivity index (χ1n) is 10.1. The maximum absolute atomic E-state index is 13.3. The number of dihydropyridines is 1. The normalized spacial score (nSPS) is 20.9. The highest BCUT2D eigenvalue weighted by Gasteiger charge is 2.43. The van der Waals surface area contributed by atoms with Gasteiger partial charge in [0, 0.05) is 42.5 Å². The zero-order chi connectivity index (χ0) is 21.3. The first kappa shape index (κ1) is 20.4. The molecule has 0 spiro atoms. The molecular weight excluding hydrogens is 382 g/mol. The number of ketones is 1. The van der Waals surface area contributed by atoms with E-state index in [9.17, 15) is 4.79 Å². The standard InChI is InChI=1S/C22H27N5O3/c1-13-25-21(30-27-13)20-16(12-29-8-6-23)26-15-9-22(2,3)10-17(28)19(15)18(20)14-5-4-7-24-11-14/h4-5,7,11,18,26H,6,8-10,12,23H2,1-3H3. The maximum atomic E-state index is 13.3. The molecule has 1 aliphatic carbocycles. The van der Waals surface area contributed by atoms with E-state index in [4.69, 9.17) is 15.0 Å². The van der Waals surface area contributed by atoms with Crippen molar-refractivity contribution < 1.29 is 14.1 Å². The number of ether oxygens (including phenoxy) is 1. The topological polar surface area (TPSA) is 116 Å². The number of nitrogens with two attached hydrogens (primary N) is 1. The average Bonchev–Trinajstić information content (AvgIpc) is 3.12. The Bertz CT molecular complexity index is 1010. The molecule has 8 heteroatoms. The van der Waals surface area contributed by atoms with Crippen molar-refractivity contribution in [3.8, 4) is 0 Å². The van der Waals surface area contributed by atoms with E-state index in [0.29, 0.717) is 37.9 Å². The highest BCUT2D eigenvalue weighted by atomic mass is 16.5. The van der Waals surface area contributed by atoms with Crippen LogP contribution in [0.25, 0.3) is 5.57 Å². The smallest absolute Gasteiger partial charge is 0.256 e. The monoisotopic (exact) mass is 409 g/mol. The van der Waals surface area contributed by atoms with E-state index < -0.39 is 0 Å². The van der Waals surface area contributed by atoms with E-state index >= 15 is 0 Å². The maximum Gasteiger partial charge on any atom is 0.256 e. The summed E-state index contributed by atoms with van der Waals surface area (Å²) in [6.07, 6.45) is 4.76. The molecule has 0 saturated carbocycles. The van der Waals surface area contributed by atoms with Gasteiger partial charge in [0.15, 0.2) is 11.6 Å². The molecule has 0 bridgehead atoms. The van der Waals surface area contributed by atoms with Crippen molar-refractivity contribution in [1.82, 2.24) is 20.4 Å². The summed E-state index contributed by atoms with van der Waals surface area (Å²) in [5.41, 5.74) is 9.63. The Hall–Kier alpha value is -2.84. The van der Waals surface area contributed by atoms with E-state index in [0.717, 1.165) is 34.5 Å².